The third-order valence-electron chi connectivity index (χ3n) is 5.39. The van der Waals surface area contributed by atoms with Crippen LogP contribution in [0, 0.1) is 23.7 Å². The van der Waals surface area contributed by atoms with Crippen molar-refractivity contribution in [3.63, 3.8) is 0 Å². The highest BCUT2D eigenvalue weighted by Gasteiger charge is 2.48. The fourth-order valence-electron chi connectivity index (χ4n) is 5.13. The molecule has 2 nitrogen and oxygen atoms in total. The molecule has 4 bridgehead atoms. The lowest BCUT2D eigenvalue weighted by Crippen LogP contribution is -2.43. The van der Waals surface area contributed by atoms with Crippen LogP contribution in [0.2, 0.25) is 0 Å². The molecule has 1 heterocycles. The maximum absolute atomic E-state index is 5.89. The highest BCUT2D eigenvalue weighted by molar-refractivity contribution is 5.39. The Morgan fingerprint density at radius 2 is 1.59 bits per heavy atom. The number of aromatic nitrogens is 1. The minimum absolute atomic E-state index is 0.763. The molecule has 4 saturated carbocycles. The number of pyridine rings is 1. The van der Waals surface area contributed by atoms with Gasteiger partial charge in [-0.15, -0.1) is 0 Å². The van der Waals surface area contributed by atoms with Gasteiger partial charge in [0.15, 0.2) is 0 Å². The lowest BCUT2D eigenvalue weighted by molar-refractivity contribution is -0.00286. The van der Waals surface area contributed by atoms with E-state index in [1.165, 1.54) is 37.7 Å². The Hall–Kier alpha value is -1.05. The molecule has 1 aromatic heterocycles. The van der Waals surface area contributed by atoms with Gasteiger partial charge in [0.25, 0.3) is 0 Å². The maximum Gasteiger partial charge on any atom is 0.0503 e. The van der Waals surface area contributed by atoms with Crippen LogP contribution in [0.3, 0.4) is 0 Å². The smallest absolute Gasteiger partial charge is 0.0503 e. The van der Waals surface area contributed by atoms with Gasteiger partial charge < -0.3 is 5.73 Å². The van der Waals surface area contributed by atoms with Crippen molar-refractivity contribution in [3.8, 4) is 0 Å². The van der Waals surface area contributed by atoms with E-state index in [0.29, 0.717) is 0 Å². The van der Waals surface area contributed by atoms with Gasteiger partial charge in [-0.25, -0.2) is 0 Å². The summed E-state index contributed by atoms with van der Waals surface area (Å²) in [6.45, 7) is 0. The molecule has 4 fully saturated rings. The molecule has 17 heavy (non-hydrogen) atoms. The van der Waals surface area contributed by atoms with Crippen LogP contribution in [0.4, 0.5) is 5.69 Å². The minimum Gasteiger partial charge on any atom is -0.397 e. The fraction of sp³-hybridized carbons (Fsp3) is 0.667. The SMILES string of the molecule is Nc1cncc(C2C3CC4CC(C3)CC2C4)c1. The van der Waals surface area contributed by atoms with E-state index in [4.69, 9.17) is 5.73 Å². The largest absolute Gasteiger partial charge is 0.397 e. The van der Waals surface area contributed by atoms with Crippen molar-refractivity contribution in [3.05, 3.63) is 24.0 Å². The van der Waals surface area contributed by atoms with Crippen LogP contribution >= 0.6 is 0 Å². The molecule has 0 atom stereocenters. The molecule has 2 heteroatoms. The summed E-state index contributed by atoms with van der Waals surface area (Å²) in [6.07, 6.45) is 11.2. The first kappa shape index (κ1) is 9.93. The van der Waals surface area contributed by atoms with Crippen molar-refractivity contribution >= 4 is 5.69 Å². The van der Waals surface area contributed by atoms with Crippen LogP contribution < -0.4 is 5.73 Å². The van der Waals surface area contributed by atoms with E-state index in [2.05, 4.69) is 17.2 Å². The summed E-state index contributed by atoms with van der Waals surface area (Å²) in [5.41, 5.74) is 8.13. The first-order valence-electron chi connectivity index (χ1n) is 7.00. The molecule has 0 aliphatic heterocycles. The summed E-state index contributed by atoms with van der Waals surface area (Å²) >= 11 is 0. The zero-order valence-electron chi connectivity index (χ0n) is 10.2. The van der Waals surface area contributed by atoms with Gasteiger partial charge in [-0.2, -0.15) is 0 Å². The summed E-state index contributed by atoms with van der Waals surface area (Å²) < 4.78 is 0. The van der Waals surface area contributed by atoms with E-state index in [1.54, 1.807) is 6.20 Å². The van der Waals surface area contributed by atoms with Gasteiger partial charge in [-0.05, 0) is 73.3 Å². The minimum atomic E-state index is 0.763. The highest BCUT2D eigenvalue weighted by atomic mass is 14.7. The second-order valence-corrected chi connectivity index (χ2v) is 6.51. The third kappa shape index (κ3) is 1.50. The summed E-state index contributed by atoms with van der Waals surface area (Å²) in [4.78, 5) is 4.29. The summed E-state index contributed by atoms with van der Waals surface area (Å²) in [5, 5.41) is 0. The fourth-order valence-corrected chi connectivity index (χ4v) is 5.13. The predicted molar refractivity (Wildman–Crippen MR) is 68.4 cm³/mol. The van der Waals surface area contributed by atoms with Crippen LogP contribution in [0.25, 0.3) is 0 Å². The second kappa shape index (κ2) is 3.47. The van der Waals surface area contributed by atoms with E-state index < -0.39 is 0 Å². The molecular weight excluding hydrogens is 208 g/mol. The molecule has 0 saturated heterocycles. The molecule has 1 aromatic rings. The second-order valence-electron chi connectivity index (χ2n) is 6.51. The molecule has 90 valence electrons. The predicted octanol–water partition coefficient (Wildman–Crippen LogP) is 3.20. The zero-order valence-corrected chi connectivity index (χ0v) is 10.2. The van der Waals surface area contributed by atoms with E-state index in [9.17, 15) is 0 Å². The molecule has 0 unspecified atom stereocenters. The topological polar surface area (TPSA) is 38.9 Å². The van der Waals surface area contributed by atoms with Crippen LogP contribution in [-0.4, -0.2) is 4.98 Å². The number of hydrogen-bond acceptors (Lipinski definition) is 2. The Balaban J connectivity index is 1.70. The van der Waals surface area contributed by atoms with E-state index >= 15 is 0 Å². The molecular formula is C15H20N2. The van der Waals surface area contributed by atoms with E-state index in [0.717, 1.165) is 35.3 Å². The van der Waals surface area contributed by atoms with Crippen LogP contribution in [-0.2, 0) is 0 Å². The molecule has 0 aromatic carbocycles. The normalized spacial score (nSPS) is 42.9. The van der Waals surface area contributed by atoms with Gasteiger partial charge in [0.2, 0.25) is 0 Å². The average Bonchev–Trinajstić information content (AvgIpc) is 2.27. The number of anilines is 1. The Morgan fingerprint density at radius 3 is 2.18 bits per heavy atom. The van der Waals surface area contributed by atoms with Crippen LogP contribution in [0.5, 0.6) is 0 Å². The molecule has 0 spiro atoms. The van der Waals surface area contributed by atoms with Gasteiger partial charge in [-0.1, -0.05) is 0 Å². The van der Waals surface area contributed by atoms with Gasteiger partial charge >= 0.3 is 0 Å². The number of nitrogens with zero attached hydrogens (tertiary/aromatic N) is 1. The molecule has 5 rings (SSSR count). The van der Waals surface area contributed by atoms with Crippen molar-refractivity contribution in [2.45, 2.75) is 38.0 Å². The van der Waals surface area contributed by atoms with Crippen LogP contribution in [0.1, 0.15) is 43.6 Å². The number of rotatable bonds is 1. The summed E-state index contributed by atoms with van der Waals surface area (Å²) in [7, 11) is 0. The van der Waals surface area contributed by atoms with Gasteiger partial charge in [-0.3, -0.25) is 4.98 Å². The maximum atomic E-state index is 5.89. The molecule has 0 amide bonds. The van der Waals surface area contributed by atoms with Crippen molar-refractivity contribution in [2.24, 2.45) is 23.7 Å². The molecule has 2 N–H and O–H groups in total. The number of nitrogen functional groups attached to an aromatic ring is 1. The van der Waals surface area contributed by atoms with Crippen molar-refractivity contribution in [1.82, 2.24) is 4.98 Å². The Kier molecular flexibility index (Phi) is 2.03. The van der Waals surface area contributed by atoms with Crippen LogP contribution in [0.15, 0.2) is 18.5 Å². The zero-order chi connectivity index (χ0) is 11.4. The molecule has 0 radical (unpaired) electrons. The van der Waals surface area contributed by atoms with E-state index in [-0.39, 0.29) is 0 Å². The monoisotopic (exact) mass is 228 g/mol. The number of nitrogens with two attached hydrogens (primary N) is 1. The van der Waals surface area contributed by atoms with Gasteiger partial charge in [0.05, 0.1) is 5.69 Å². The van der Waals surface area contributed by atoms with Gasteiger partial charge in [0, 0.05) is 12.4 Å². The number of hydrogen-bond donors (Lipinski definition) is 1. The van der Waals surface area contributed by atoms with E-state index in [1.807, 2.05) is 0 Å². The van der Waals surface area contributed by atoms with Crippen molar-refractivity contribution < 1.29 is 0 Å². The molecule has 4 aliphatic carbocycles. The quantitative estimate of drug-likeness (QED) is 0.801. The first-order chi connectivity index (χ1) is 8.29. The lowest BCUT2D eigenvalue weighted by atomic mass is 9.51. The molecule has 4 aliphatic rings. The Bertz CT molecular complexity index is 412. The van der Waals surface area contributed by atoms with Crippen molar-refractivity contribution in [2.75, 3.05) is 5.73 Å². The lowest BCUT2D eigenvalue weighted by Gasteiger charge is -2.54. The summed E-state index contributed by atoms with van der Waals surface area (Å²) in [5.74, 6) is 4.70. The third-order valence-corrected chi connectivity index (χ3v) is 5.39. The first-order valence-corrected chi connectivity index (χ1v) is 7.00. The van der Waals surface area contributed by atoms with Crippen molar-refractivity contribution in [1.29, 1.82) is 0 Å². The standard InChI is InChI=1S/C15H20N2/c16-14-6-13(7-17-8-14)15-11-2-9-1-10(4-11)5-12(15)3-9/h6-12,15H,1-5,16H2. The van der Waals surface area contributed by atoms with Gasteiger partial charge in [0.1, 0.15) is 0 Å². The Labute approximate surface area is 103 Å². The Morgan fingerprint density at radius 1 is 0.941 bits per heavy atom. The average molecular weight is 228 g/mol. The summed E-state index contributed by atoms with van der Waals surface area (Å²) in [6, 6.07) is 2.17. The highest BCUT2D eigenvalue weighted by Crippen LogP contribution is 2.59.